The largest absolute Gasteiger partial charge is 0.467 e. The third-order valence-electron chi connectivity index (χ3n) is 4.36. The second kappa shape index (κ2) is 7.25. The van der Waals surface area contributed by atoms with E-state index in [1.807, 2.05) is 18.2 Å². The van der Waals surface area contributed by atoms with Gasteiger partial charge in [0.2, 0.25) is 5.88 Å². The van der Waals surface area contributed by atoms with E-state index in [0.29, 0.717) is 11.8 Å². The molecule has 1 aromatic carbocycles. The second-order valence-electron chi connectivity index (χ2n) is 6.06. The van der Waals surface area contributed by atoms with Crippen molar-refractivity contribution in [3.05, 3.63) is 29.0 Å². The number of hydrogen-bond donors (Lipinski definition) is 1. The number of aromatic nitrogens is 2. The number of benzene rings is 1. The van der Waals surface area contributed by atoms with Gasteiger partial charge in [0.15, 0.2) is 6.61 Å². The average Bonchev–Trinajstić information content (AvgIpc) is 2.55. The summed E-state index contributed by atoms with van der Waals surface area (Å²) in [5, 5.41) is 3.87. The van der Waals surface area contributed by atoms with Crippen LogP contribution in [0.25, 0.3) is 10.9 Å². The molecule has 1 aromatic heterocycles. The molecule has 5 nitrogen and oxygen atoms in total. The first-order valence-corrected chi connectivity index (χ1v) is 8.75. The monoisotopic (exact) mass is 377 g/mol. The predicted octanol–water partition coefficient (Wildman–Crippen LogP) is 3.47. The lowest BCUT2D eigenvalue weighted by Crippen LogP contribution is -2.43. The molecule has 0 saturated heterocycles. The quantitative estimate of drug-likeness (QED) is 0.885. The Kier molecular flexibility index (Phi) is 5.10. The first-order chi connectivity index (χ1) is 11.1. The summed E-state index contributed by atoms with van der Waals surface area (Å²) >= 11 is 3.43. The molecule has 122 valence electrons. The molecule has 1 aliphatic carbocycles. The van der Waals surface area contributed by atoms with Crippen molar-refractivity contribution in [2.24, 2.45) is 5.92 Å². The summed E-state index contributed by atoms with van der Waals surface area (Å²) in [5.41, 5.74) is 0.791. The minimum Gasteiger partial charge on any atom is -0.467 e. The Morgan fingerprint density at radius 3 is 3.00 bits per heavy atom. The number of carbonyl (C=O) groups excluding carboxylic acids is 1. The molecular weight excluding hydrogens is 358 g/mol. The first-order valence-electron chi connectivity index (χ1n) is 7.96. The molecule has 0 spiro atoms. The molecule has 0 aliphatic heterocycles. The first kappa shape index (κ1) is 16.2. The van der Waals surface area contributed by atoms with Crippen LogP contribution in [0.3, 0.4) is 0 Å². The Balaban J connectivity index is 1.64. The molecule has 0 bridgehead atoms. The van der Waals surface area contributed by atoms with Gasteiger partial charge in [-0.3, -0.25) is 4.79 Å². The Morgan fingerprint density at radius 2 is 2.17 bits per heavy atom. The SMILES string of the molecule is C[C@@H]1CCCC[C@H]1NC(=O)COc1ncnc2ccc(Br)cc12. The molecule has 1 amide bonds. The number of nitrogens with one attached hydrogen (secondary N) is 1. The third-order valence-corrected chi connectivity index (χ3v) is 4.85. The van der Waals surface area contributed by atoms with Gasteiger partial charge in [0.25, 0.3) is 5.91 Å². The molecule has 1 aliphatic rings. The van der Waals surface area contributed by atoms with Crippen LogP contribution >= 0.6 is 15.9 Å². The van der Waals surface area contributed by atoms with Crippen molar-refractivity contribution in [3.63, 3.8) is 0 Å². The molecule has 1 N–H and O–H groups in total. The highest BCUT2D eigenvalue weighted by atomic mass is 79.9. The van der Waals surface area contributed by atoms with E-state index in [0.717, 1.165) is 21.8 Å². The molecule has 0 radical (unpaired) electrons. The van der Waals surface area contributed by atoms with Crippen molar-refractivity contribution >= 4 is 32.7 Å². The molecular formula is C17H20BrN3O2. The number of fused-ring (bicyclic) bond motifs is 1. The van der Waals surface area contributed by atoms with Crippen molar-refractivity contribution in [3.8, 4) is 5.88 Å². The lowest BCUT2D eigenvalue weighted by atomic mass is 9.86. The van der Waals surface area contributed by atoms with Crippen molar-refractivity contribution in [1.29, 1.82) is 0 Å². The number of amides is 1. The molecule has 3 rings (SSSR count). The number of rotatable bonds is 4. The smallest absolute Gasteiger partial charge is 0.258 e. The van der Waals surface area contributed by atoms with Crippen molar-refractivity contribution < 1.29 is 9.53 Å². The predicted molar refractivity (Wildman–Crippen MR) is 92.3 cm³/mol. The zero-order chi connectivity index (χ0) is 16.2. The fourth-order valence-corrected chi connectivity index (χ4v) is 3.39. The minimum atomic E-state index is -0.0921. The topological polar surface area (TPSA) is 64.1 Å². The number of nitrogens with zero attached hydrogens (tertiary/aromatic N) is 2. The van der Waals surface area contributed by atoms with Crippen LogP contribution in [0.5, 0.6) is 5.88 Å². The van der Waals surface area contributed by atoms with E-state index in [1.165, 1.54) is 25.6 Å². The van der Waals surface area contributed by atoms with Crippen LogP contribution in [0.1, 0.15) is 32.6 Å². The van der Waals surface area contributed by atoms with Gasteiger partial charge < -0.3 is 10.1 Å². The summed E-state index contributed by atoms with van der Waals surface area (Å²) in [6.45, 7) is 2.17. The zero-order valence-electron chi connectivity index (χ0n) is 13.1. The van der Waals surface area contributed by atoms with E-state index in [1.54, 1.807) is 0 Å². The van der Waals surface area contributed by atoms with Crippen LogP contribution in [0.2, 0.25) is 0 Å². The maximum atomic E-state index is 12.1. The van der Waals surface area contributed by atoms with Gasteiger partial charge >= 0.3 is 0 Å². The molecule has 1 fully saturated rings. The van der Waals surface area contributed by atoms with Crippen LogP contribution in [0.4, 0.5) is 0 Å². The van der Waals surface area contributed by atoms with E-state index in [-0.39, 0.29) is 18.6 Å². The summed E-state index contributed by atoms with van der Waals surface area (Å²) in [5.74, 6) is 0.872. The van der Waals surface area contributed by atoms with Crippen molar-refractivity contribution in [1.82, 2.24) is 15.3 Å². The number of hydrogen-bond acceptors (Lipinski definition) is 4. The maximum absolute atomic E-state index is 12.1. The lowest BCUT2D eigenvalue weighted by Gasteiger charge is -2.29. The van der Waals surface area contributed by atoms with Gasteiger partial charge in [-0.1, -0.05) is 35.7 Å². The second-order valence-corrected chi connectivity index (χ2v) is 6.98. The van der Waals surface area contributed by atoms with Crippen molar-refractivity contribution in [2.75, 3.05) is 6.61 Å². The molecule has 23 heavy (non-hydrogen) atoms. The highest BCUT2D eigenvalue weighted by Crippen LogP contribution is 2.25. The van der Waals surface area contributed by atoms with Gasteiger partial charge in [-0.2, -0.15) is 0 Å². The van der Waals surface area contributed by atoms with Gasteiger partial charge in [0, 0.05) is 10.5 Å². The highest BCUT2D eigenvalue weighted by molar-refractivity contribution is 9.10. The van der Waals surface area contributed by atoms with E-state index in [9.17, 15) is 4.79 Å². The lowest BCUT2D eigenvalue weighted by molar-refractivity contribution is -0.124. The summed E-state index contributed by atoms with van der Waals surface area (Å²) in [6, 6.07) is 5.95. The van der Waals surface area contributed by atoms with Crippen LogP contribution in [-0.4, -0.2) is 28.5 Å². The summed E-state index contributed by atoms with van der Waals surface area (Å²) in [7, 11) is 0. The molecule has 2 atom stereocenters. The number of carbonyl (C=O) groups is 1. The van der Waals surface area contributed by atoms with Crippen LogP contribution in [-0.2, 0) is 4.79 Å². The maximum Gasteiger partial charge on any atom is 0.258 e. The van der Waals surface area contributed by atoms with E-state index < -0.39 is 0 Å². The fourth-order valence-electron chi connectivity index (χ4n) is 3.03. The standard InChI is InChI=1S/C17H20BrN3O2/c1-11-4-2-3-5-14(11)21-16(22)9-23-17-13-8-12(18)6-7-15(13)19-10-20-17/h6-8,10-11,14H,2-5,9H2,1H3,(H,21,22)/t11-,14-/m1/s1. The van der Waals surface area contributed by atoms with E-state index >= 15 is 0 Å². The number of halogens is 1. The summed E-state index contributed by atoms with van der Waals surface area (Å²) < 4.78 is 6.55. The van der Waals surface area contributed by atoms with Crippen LogP contribution in [0, 0.1) is 5.92 Å². The van der Waals surface area contributed by atoms with Gasteiger partial charge in [0.1, 0.15) is 6.33 Å². The van der Waals surface area contributed by atoms with E-state index in [2.05, 4.69) is 38.1 Å². The van der Waals surface area contributed by atoms with E-state index in [4.69, 9.17) is 4.74 Å². The molecule has 6 heteroatoms. The van der Waals surface area contributed by atoms with Crippen LogP contribution < -0.4 is 10.1 Å². The summed E-state index contributed by atoms with van der Waals surface area (Å²) in [6.07, 6.45) is 6.12. The van der Waals surface area contributed by atoms with Gasteiger partial charge in [-0.25, -0.2) is 9.97 Å². The van der Waals surface area contributed by atoms with Gasteiger partial charge in [-0.05, 0) is 37.0 Å². The van der Waals surface area contributed by atoms with Crippen LogP contribution in [0.15, 0.2) is 29.0 Å². The molecule has 1 heterocycles. The van der Waals surface area contributed by atoms with Gasteiger partial charge in [-0.15, -0.1) is 0 Å². The molecule has 0 unspecified atom stereocenters. The van der Waals surface area contributed by atoms with Crippen molar-refractivity contribution in [2.45, 2.75) is 38.6 Å². The number of ether oxygens (including phenoxy) is 1. The van der Waals surface area contributed by atoms with Gasteiger partial charge in [0.05, 0.1) is 10.9 Å². The molecule has 1 saturated carbocycles. The Hall–Kier alpha value is -1.69. The summed E-state index contributed by atoms with van der Waals surface area (Å²) in [4.78, 5) is 20.5. The Bertz CT molecular complexity index is 707. The highest BCUT2D eigenvalue weighted by Gasteiger charge is 2.23. The zero-order valence-corrected chi connectivity index (χ0v) is 14.7. The fraction of sp³-hybridized carbons (Fsp3) is 0.471. The third kappa shape index (κ3) is 3.99. The Morgan fingerprint density at radius 1 is 1.35 bits per heavy atom. The average molecular weight is 378 g/mol. The Labute approximate surface area is 144 Å². The molecule has 2 aromatic rings. The normalized spacial score (nSPS) is 21.1. The minimum absolute atomic E-state index is 0.0259.